The molecule has 1 aliphatic heterocycles. The number of ether oxygens (including phenoxy) is 2. The number of nitrogens with zero attached hydrogens (tertiary/aromatic N) is 6. The molecule has 0 bridgehead atoms. The van der Waals surface area contributed by atoms with Crippen molar-refractivity contribution in [3.63, 3.8) is 0 Å². The van der Waals surface area contributed by atoms with Crippen molar-refractivity contribution in [2.24, 2.45) is 28.8 Å². The highest BCUT2D eigenvalue weighted by molar-refractivity contribution is 5.90. The van der Waals surface area contributed by atoms with Crippen molar-refractivity contribution in [1.82, 2.24) is 30.7 Å². The Bertz CT molecular complexity index is 1540. The first kappa shape index (κ1) is 49.7. The molecule has 0 aliphatic carbocycles. The number of nitrogens with two attached hydrogens (primary N) is 1. The van der Waals surface area contributed by atoms with E-state index in [2.05, 4.69) is 26.0 Å². The van der Waals surface area contributed by atoms with Gasteiger partial charge in [0, 0.05) is 45.0 Å². The number of rotatable bonds is 23. The van der Waals surface area contributed by atoms with Crippen molar-refractivity contribution in [2.75, 3.05) is 54.2 Å². The lowest BCUT2D eigenvalue weighted by atomic mass is 9.89. The molecule has 58 heavy (non-hydrogen) atoms. The van der Waals surface area contributed by atoms with Gasteiger partial charge in [0.05, 0.1) is 49.2 Å². The highest BCUT2D eigenvalue weighted by atomic mass is 16.5. The van der Waals surface area contributed by atoms with Crippen LogP contribution in [-0.4, -0.2) is 135 Å². The Morgan fingerprint density at radius 2 is 1.59 bits per heavy atom. The van der Waals surface area contributed by atoms with E-state index in [1.165, 1.54) is 14.2 Å². The smallest absolute Gasteiger partial charge is 0.245 e. The summed E-state index contributed by atoms with van der Waals surface area (Å²) >= 11 is 0. The summed E-state index contributed by atoms with van der Waals surface area (Å²) < 4.78 is 11.9. The maximum atomic E-state index is 14.3. The van der Waals surface area contributed by atoms with E-state index in [0.717, 1.165) is 5.56 Å². The van der Waals surface area contributed by atoms with E-state index in [9.17, 15) is 24.0 Å². The molecule has 1 fully saturated rings. The first-order chi connectivity index (χ1) is 27.3. The molecule has 1 aliphatic rings. The van der Waals surface area contributed by atoms with Crippen molar-refractivity contribution in [3.05, 3.63) is 40.3 Å². The number of nitrogens with one attached hydrogen (secondary N) is 3. The van der Waals surface area contributed by atoms with Crippen molar-refractivity contribution in [2.45, 2.75) is 123 Å². The van der Waals surface area contributed by atoms with Crippen molar-refractivity contribution in [1.29, 1.82) is 0 Å². The van der Waals surface area contributed by atoms with Gasteiger partial charge in [0.15, 0.2) is 0 Å². The van der Waals surface area contributed by atoms with Gasteiger partial charge in [-0.15, -0.1) is 0 Å². The van der Waals surface area contributed by atoms with E-state index in [4.69, 9.17) is 20.7 Å². The molecule has 5 amide bonds. The van der Waals surface area contributed by atoms with Crippen LogP contribution in [0.5, 0.6) is 0 Å². The summed E-state index contributed by atoms with van der Waals surface area (Å²) in [4.78, 5) is 76.8. The molecule has 9 atom stereocenters. The Kier molecular flexibility index (Phi) is 20.4. The molecular weight excluding hydrogens is 745 g/mol. The van der Waals surface area contributed by atoms with Crippen molar-refractivity contribution >= 4 is 35.2 Å². The summed E-state index contributed by atoms with van der Waals surface area (Å²) in [6, 6.07) is 3.65. The molecule has 0 radical (unpaired) electrons. The largest absolute Gasteiger partial charge is 0.399 e. The molecule has 0 aromatic heterocycles. The van der Waals surface area contributed by atoms with Crippen LogP contribution in [0, 0.1) is 23.7 Å². The predicted octanol–water partition coefficient (Wildman–Crippen LogP) is 3.33. The predicted molar refractivity (Wildman–Crippen MR) is 224 cm³/mol. The summed E-state index contributed by atoms with van der Waals surface area (Å²) in [5.41, 5.74) is 16.1. The third-order valence-corrected chi connectivity index (χ3v) is 11.4. The lowest BCUT2D eigenvalue weighted by Crippen LogP contribution is -2.59. The van der Waals surface area contributed by atoms with E-state index in [1.807, 2.05) is 60.5 Å². The Hall–Kier alpha value is -4.44. The van der Waals surface area contributed by atoms with E-state index in [0.29, 0.717) is 31.5 Å². The minimum Gasteiger partial charge on any atom is -0.399 e. The zero-order chi connectivity index (χ0) is 43.9. The standard InChI is InChI=1S/C41H70N10O7/c1-13-26(6)36(50(10)41(56)34(24(2)3)47-40(55)35(25(4)5)49(8)9)32(57-11)21-33(52)51-20-14-15-31(51)37(58-12)27(7)38(53)46-30(23-45-48-43)39(54)44-22-28-16-18-29(42)19-17-28/h16-19,24-27,30-32,34-37H,13-15,20-23,42H2,1-12H3,(H,44,54)(H,46,53)(H,47,55)/t26-,27+,30-,31-,32+,34-,35-,36-,37+/m0/s1. The lowest BCUT2D eigenvalue weighted by molar-refractivity contribution is -0.148. The maximum absolute atomic E-state index is 14.3. The second kappa shape index (κ2) is 23.8. The van der Waals surface area contributed by atoms with Crippen molar-refractivity contribution in [3.8, 4) is 0 Å². The number of carbonyl (C=O) groups is 5. The third kappa shape index (κ3) is 13.6. The molecule has 5 N–H and O–H groups in total. The van der Waals surface area contributed by atoms with Crippen LogP contribution in [0.4, 0.5) is 5.69 Å². The van der Waals surface area contributed by atoms with Gasteiger partial charge < -0.3 is 41.0 Å². The van der Waals surface area contributed by atoms with Crippen LogP contribution in [-0.2, 0) is 40.0 Å². The summed E-state index contributed by atoms with van der Waals surface area (Å²) in [5, 5.41) is 12.0. The number of hydrogen-bond donors (Lipinski definition) is 4. The number of azide groups is 1. The highest BCUT2D eigenvalue weighted by Crippen LogP contribution is 2.30. The van der Waals surface area contributed by atoms with Gasteiger partial charge >= 0.3 is 0 Å². The number of likely N-dealkylation sites (N-methyl/N-ethyl adjacent to an activating group) is 2. The Morgan fingerprint density at radius 3 is 2.10 bits per heavy atom. The van der Waals surface area contributed by atoms with Crippen LogP contribution in [0.15, 0.2) is 29.4 Å². The second-order valence-corrected chi connectivity index (χ2v) is 16.4. The number of likely N-dealkylation sites (tertiary alicyclic amines) is 1. The quantitative estimate of drug-likeness (QED) is 0.0550. The van der Waals surface area contributed by atoms with E-state index < -0.39 is 60.1 Å². The van der Waals surface area contributed by atoms with Gasteiger partial charge in [-0.3, -0.25) is 28.9 Å². The molecule has 17 nitrogen and oxygen atoms in total. The van der Waals surface area contributed by atoms with Gasteiger partial charge in [0.1, 0.15) is 12.1 Å². The van der Waals surface area contributed by atoms with Gasteiger partial charge in [-0.2, -0.15) is 0 Å². The highest BCUT2D eigenvalue weighted by Gasteiger charge is 2.43. The average molecular weight is 815 g/mol. The third-order valence-electron chi connectivity index (χ3n) is 11.4. The Morgan fingerprint density at radius 1 is 0.948 bits per heavy atom. The molecule has 1 aromatic carbocycles. The van der Waals surface area contributed by atoms with Gasteiger partial charge in [-0.1, -0.05) is 72.1 Å². The van der Waals surface area contributed by atoms with Crippen LogP contribution < -0.4 is 21.7 Å². The van der Waals surface area contributed by atoms with Crippen LogP contribution >= 0.6 is 0 Å². The topological polar surface area (TPSA) is 224 Å². The summed E-state index contributed by atoms with van der Waals surface area (Å²) in [7, 11) is 8.40. The number of methoxy groups -OCH3 is 2. The average Bonchev–Trinajstić information content (AvgIpc) is 3.66. The minimum atomic E-state index is -1.15. The van der Waals surface area contributed by atoms with Crippen molar-refractivity contribution < 1.29 is 33.4 Å². The molecule has 1 aromatic rings. The van der Waals surface area contributed by atoms with Gasteiger partial charge in [0.2, 0.25) is 29.5 Å². The number of carbonyl (C=O) groups excluding carboxylic acids is 5. The Balaban J connectivity index is 2.26. The van der Waals surface area contributed by atoms with Gasteiger partial charge in [-0.05, 0) is 67.9 Å². The molecule has 0 spiro atoms. The van der Waals surface area contributed by atoms with Crippen LogP contribution in [0.2, 0.25) is 0 Å². The number of amides is 5. The fourth-order valence-electron chi connectivity index (χ4n) is 7.97. The number of benzene rings is 1. The van der Waals surface area contributed by atoms with Gasteiger partial charge in [-0.25, -0.2) is 0 Å². The number of anilines is 1. The normalized spacial score (nSPS) is 18.3. The molecule has 2 rings (SSSR count). The minimum absolute atomic E-state index is 0.0240. The SMILES string of the molecule is CC[C@H](C)[C@@H]([C@@H](CC(=O)N1CCC[C@H]1[C@H](OC)[C@@H](C)C(=O)N[C@@H](CN=[N+]=[N-])C(=O)NCc1ccc(N)cc1)OC)N(C)C(=O)[C@@H](NC(=O)[C@H](C(C)C)N(C)C)C(C)C. The number of hydrogen-bond acceptors (Lipinski definition) is 10. The Labute approximate surface area is 345 Å². The summed E-state index contributed by atoms with van der Waals surface area (Å²) in [6.45, 7) is 13.7. The summed E-state index contributed by atoms with van der Waals surface area (Å²) in [5.74, 6) is -2.78. The van der Waals surface area contributed by atoms with Gasteiger partial charge in [0.25, 0.3) is 0 Å². The molecule has 1 heterocycles. The first-order valence-corrected chi connectivity index (χ1v) is 20.4. The second-order valence-electron chi connectivity index (χ2n) is 16.4. The zero-order valence-electron chi connectivity index (χ0n) is 36.7. The first-order valence-electron chi connectivity index (χ1n) is 20.4. The molecule has 326 valence electrons. The fraction of sp³-hybridized carbons (Fsp3) is 0.732. The molecule has 1 saturated heterocycles. The maximum Gasteiger partial charge on any atom is 0.245 e. The fourth-order valence-corrected chi connectivity index (χ4v) is 7.97. The van der Waals surface area contributed by atoms with Crippen LogP contribution in [0.1, 0.15) is 79.7 Å². The van der Waals surface area contributed by atoms with E-state index in [1.54, 1.807) is 48.0 Å². The zero-order valence-corrected chi connectivity index (χ0v) is 36.7. The van der Waals surface area contributed by atoms with Crippen LogP contribution in [0.25, 0.3) is 10.4 Å². The number of nitrogen functional groups attached to an aromatic ring is 1. The lowest BCUT2D eigenvalue weighted by Gasteiger charge is -2.41. The molecule has 0 saturated carbocycles. The van der Waals surface area contributed by atoms with Crippen LogP contribution in [0.3, 0.4) is 0 Å². The van der Waals surface area contributed by atoms with E-state index in [-0.39, 0.29) is 55.0 Å². The molecular formula is C41H70N10O7. The van der Waals surface area contributed by atoms with E-state index >= 15 is 0 Å². The monoisotopic (exact) mass is 815 g/mol. The molecule has 17 heteroatoms. The molecule has 0 unspecified atom stereocenters. The summed E-state index contributed by atoms with van der Waals surface area (Å²) in [6.07, 6.45) is 0.525.